The Morgan fingerprint density at radius 1 is 1.25 bits per heavy atom. The van der Waals surface area contributed by atoms with E-state index in [2.05, 4.69) is 10.4 Å². The first-order valence-corrected chi connectivity index (χ1v) is 6.47. The maximum atomic E-state index is 12.5. The van der Waals surface area contributed by atoms with Crippen LogP contribution in [0.5, 0.6) is 0 Å². The second kappa shape index (κ2) is 5.68. The van der Waals surface area contributed by atoms with Crippen molar-refractivity contribution in [2.45, 2.75) is 33.4 Å². The molecule has 106 valence electrons. The number of hydrogen-bond donors (Lipinski definition) is 0. The van der Waals surface area contributed by atoms with Gasteiger partial charge in [-0.2, -0.15) is 4.68 Å². The van der Waals surface area contributed by atoms with Gasteiger partial charge in [-0.25, -0.2) is 9.59 Å². The molecule has 0 atom stereocenters. The van der Waals surface area contributed by atoms with Crippen molar-refractivity contribution in [3.05, 3.63) is 40.8 Å². The van der Waals surface area contributed by atoms with Crippen LogP contribution in [0.25, 0.3) is 0 Å². The zero-order valence-corrected chi connectivity index (χ0v) is 11.7. The Morgan fingerprint density at radius 2 is 1.90 bits per heavy atom. The predicted molar refractivity (Wildman–Crippen MR) is 74.8 cm³/mol. The van der Waals surface area contributed by atoms with Crippen LogP contribution >= 0.6 is 0 Å². The van der Waals surface area contributed by atoms with Crippen LogP contribution in [0.2, 0.25) is 0 Å². The number of tetrazole rings is 1. The second-order valence-corrected chi connectivity index (χ2v) is 4.57. The maximum absolute atomic E-state index is 12.5. The number of benzene rings is 1. The normalized spacial score (nSPS) is 10.8. The topological polar surface area (TPSA) is 73.0 Å². The summed E-state index contributed by atoms with van der Waals surface area (Å²) >= 11 is 0. The van der Waals surface area contributed by atoms with Gasteiger partial charge in [0.2, 0.25) is 0 Å². The lowest BCUT2D eigenvalue weighted by Gasteiger charge is -2.25. The number of anilines is 1. The molecule has 1 aromatic heterocycles. The fraction of sp³-hybridized carbons (Fsp3) is 0.385. The van der Waals surface area contributed by atoms with Gasteiger partial charge in [-0.15, -0.1) is 4.68 Å². The zero-order chi connectivity index (χ0) is 14.7. The van der Waals surface area contributed by atoms with Gasteiger partial charge < -0.3 is 0 Å². The molecule has 7 heteroatoms. The molecule has 7 nitrogen and oxygen atoms in total. The van der Waals surface area contributed by atoms with Crippen LogP contribution in [0, 0.1) is 0 Å². The third-order valence-electron chi connectivity index (χ3n) is 2.88. The molecular formula is C13H17N5O2. The van der Waals surface area contributed by atoms with E-state index >= 15 is 0 Å². The van der Waals surface area contributed by atoms with Gasteiger partial charge in [0, 0.05) is 18.3 Å². The molecule has 0 aliphatic rings. The van der Waals surface area contributed by atoms with Crippen LogP contribution in [0.1, 0.15) is 20.8 Å². The summed E-state index contributed by atoms with van der Waals surface area (Å²) in [6.45, 7) is 5.89. The first-order chi connectivity index (χ1) is 9.56. The molecule has 20 heavy (non-hydrogen) atoms. The molecule has 0 saturated carbocycles. The number of carbonyl (C=O) groups is 1. The van der Waals surface area contributed by atoms with Gasteiger partial charge in [0.25, 0.3) is 0 Å². The fourth-order valence-corrected chi connectivity index (χ4v) is 1.91. The van der Waals surface area contributed by atoms with E-state index in [1.807, 2.05) is 44.2 Å². The SMILES string of the molecule is CCn1nnn(C(=O)N(c2ccccc2)C(C)C)c1=O. The van der Waals surface area contributed by atoms with Gasteiger partial charge in [0.05, 0.1) is 0 Å². The molecule has 1 amide bonds. The summed E-state index contributed by atoms with van der Waals surface area (Å²) in [4.78, 5) is 26.0. The summed E-state index contributed by atoms with van der Waals surface area (Å²) in [7, 11) is 0. The largest absolute Gasteiger partial charge is 0.372 e. The summed E-state index contributed by atoms with van der Waals surface area (Å²) in [5, 5.41) is 7.30. The van der Waals surface area contributed by atoms with Gasteiger partial charge in [-0.1, -0.05) is 18.2 Å². The monoisotopic (exact) mass is 275 g/mol. The van der Waals surface area contributed by atoms with E-state index < -0.39 is 11.7 Å². The van der Waals surface area contributed by atoms with Crippen LogP contribution in [0.15, 0.2) is 35.1 Å². The predicted octanol–water partition coefficient (Wildman–Crippen LogP) is 1.34. The quantitative estimate of drug-likeness (QED) is 0.792. The molecule has 0 saturated heterocycles. The summed E-state index contributed by atoms with van der Waals surface area (Å²) in [6, 6.07) is 8.55. The van der Waals surface area contributed by atoms with Gasteiger partial charge in [0.15, 0.2) is 0 Å². The number of hydrogen-bond acceptors (Lipinski definition) is 4. The van der Waals surface area contributed by atoms with E-state index in [4.69, 9.17) is 0 Å². The lowest BCUT2D eigenvalue weighted by molar-refractivity contribution is 0.242. The van der Waals surface area contributed by atoms with Gasteiger partial charge in [-0.05, 0) is 43.3 Å². The molecule has 0 spiro atoms. The van der Waals surface area contributed by atoms with Gasteiger partial charge in [-0.3, -0.25) is 4.90 Å². The Hall–Kier alpha value is -2.44. The Bertz CT molecular complexity index is 644. The van der Waals surface area contributed by atoms with E-state index in [9.17, 15) is 9.59 Å². The maximum Gasteiger partial charge on any atom is 0.372 e. The fourth-order valence-electron chi connectivity index (χ4n) is 1.91. The number of amides is 1. The van der Waals surface area contributed by atoms with Crippen molar-refractivity contribution in [1.29, 1.82) is 0 Å². The Kier molecular flexibility index (Phi) is 3.97. The smallest absolute Gasteiger partial charge is 0.290 e. The number of para-hydroxylation sites is 1. The summed E-state index contributed by atoms with van der Waals surface area (Å²) in [6.07, 6.45) is 0. The number of aromatic nitrogens is 4. The van der Waals surface area contributed by atoms with Gasteiger partial charge >= 0.3 is 11.7 Å². The Balaban J connectivity index is 2.42. The first kappa shape index (κ1) is 14.0. The van der Waals surface area contributed by atoms with Crippen molar-refractivity contribution in [2.24, 2.45) is 0 Å². The van der Waals surface area contributed by atoms with E-state index in [0.717, 1.165) is 9.36 Å². The lowest BCUT2D eigenvalue weighted by atomic mass is 10.2. The zero-order valence-electron chi connectivity index (χ0n) is 11.7. The number of carbonyl (C=O) groups excluding carboxylic acids is 1. The lowest BCUT2D eigenvalue weighted by Crippen LogP contribution is -2.44. The van der Waals surface area contributed by atoms with Crippen LogP contribution < -0.4 is 10.6 Å². The number of nitrogens with zero attached hydrogens (tertiary/aromatic N) is 5. The van der Waals surface area contributed by atoms with Crippen molar-refractivity contribution in [3.8, 4) is 0 Å². The molecule has 0 aliphatic carbocycles. The van der Waals surface area contributed by atoms with E-state index in [1.54, 1.807) is 6.92 Å². The minimum atomic E-state index is -0.529. The third kappa shape index (κ3) is 2.47. The molecule has 2 rings (SSSR count). The summed E-state index contributed by atoms with van der Waals surface area (Å²) in [5.41, 5.74) is 0.185. The standard InChI is InChI=1S/C13H17N5O2/c1-4-16-12(19)18(15-14-16)13(20)17(10(2)3)11-8-6-5-7-9-11/h5-10H,4H2,1-3H3. The summed E-state index contributed by atoms with van der Waals surface area (Å²) in [5.74, 6) is 0. The van der Waals surface area contributed by atoms with Gasteiger partial charge in [0.1, 0.15) is 0 Å². The molecule has 0 unspecified atom stereocenters. The highest BCUT2D eigenvalue weighted by Gasteiger charge is 2.24. The average molecular weight is 275 g/mol. The number of rotatable bonds is 3. The molecule has 1 heterocycles. The minimum absolute atomic E-state index is 0.108. The number of aryl methyl sites for hydroxylation is 1. The highest BCUT2D eigenvalue weighted by atomic mass is 16.2. The highest BCUT2D eigenvalue weighted by molar-refractivity contribution is 5.93. The molecular weight excluding hydrogens is 258 g/mol. The van der Waals surface area contributed by atoms with Crippen LogP contribution in [-0.2, 0) is 6.54 Å². The third-order valence-corrected chi connectivity index (χ3v) is 2.88. The molecule has 1 aromatic carbocycles. The Labute approximate surface area is 116 Å². The molecule has 2 aromatic rings. The van der Waals surface area contributed by atoms with Crippen LogP contribution in [0.3, 0.4) is 0 Å². The molecule has 0 N–H and O–H groups in total. The van der Waals surface area contributed by atoms with Crippen LogP contribution in [-0.4, -0.2) is 31.9 Å². The van der Waals surface area contributed by atoms with Crippen molar-refractivity contribution in [2.75, 3.05) is 4.90 Å². The van der Waals surface area contributed by atoms with Crippen LogP contribution in [0.4, 0.5) is 10.5 Å². The minimum Gasteiger partial charge on any atom is -0.290 e. The van der Waals surface area contributed by atoms with Crippen molar-refractivity contribution >= 4 is 11.7 Å². The van der Waals surface area contributed by atoms with Crippen molar-refractivity contribution in [3.63, 3.8) is 0 Å². The summed E-state index contributed by atoms with van der Waals surface area (Å²) < 4.78 is 1.93. The highest BCUT2D eigenvalue weighted by Crippen LogP contribution is 2.17. The van der Waals surface area contributed by atoms with Crippen molar-refractivity contribution in [1.82, 2.24) is 19.8 Å². The molecule has 0 radical (unpaired) electrons. The first-order valence-electron chi connectivity index (χ1n) is 6.47. The molecule has 0 aliphatic heterocycles. The van der Waals surface area contributed by atoms with E-state index in [1.165, 1.54) is 4.90 Å². The molecule has 0 bridgehead atoms. The molecule has 0 fully saturated rings. The van der Waals surface area contributed by atoms with Crippen molar-refractivity contribution < 1.29 is 4.79 Å². The Morgan fingerprint density at radius 3 is 2.40 bits per heavy atom. The average Bonchev–Trinajstić information content (AvgIpc) is 2.80. The van der Waals surface area contributed by atoms with E-state index in [-0.39, 0.29) is 6.04 Å². The second-order valence-electron chi connectivity index (χ2n) is 4.57. The van der Waals surface area contributed by atoms with E-state index in [0.29, 0.717) is 12.2 Å².